The molecule has 1 saturated carbocycles. The molecule has 3 aromatic rings. The molecule has 0 saturated heterocycles. The van der Waals surface area contributed by atoms with Crippen LogP contribution in [0.3, 0.4) is 0 Å². The van der Waals surface area contributed by atoms with E-state index in [1.165, 1.54) is 5.39 Å². The van der Waals surface area contributed by atoms with Crippen molar-refractivity contribution in [2.45, 2.75) is 44.1 Å². The van der Waals surface area contributed by atoms with Crippen molar-refractivity contribution < 1.29 is 9.32 Å². The zero-order chi connectivity index (χ0) is 18.6. The Bertz CT molecular complexity index is 939. The van der Waals surface area contributed by atoms with Gasteiger partial charge in [-0.15, -0.1) is 12.4 Å². The van der Waals surface area contributed by atoms with Gasteiger partial charge in [0, 0.05) is 25.3 Å². The monoisotopic (exact) mass is 400 g/mol. The summed E-state index contributed by atoms with van der Waals surface area (Å²) in [4.78, 5) is 16.7. The van der Waals surface area contributed by atoms with Crippen LogP contribution in [0.15, 0.2) is 47.0 Å². The molecular formula is C21H25ClN4O2. The van der Waals surface area contributed by atoms with Crippen LogP contribution in [-0.2, 0) is 11.2 Å². The molecule has 1 aliphatic carbocycles. The van der Waals surface area contributed by atoms with Crippen LogP contribution in [0.1, 0.15) is 54.9 Å². The number of halogens is 1. The van der Waals surface area contributed by atoms with Crippen molar-refractivity contribution in [1.82, 2.24) is 15.5 Å². The van der Waals surface area contributed by atoms with Gasteiger partial charge in [-0.3, -0.25) is 4.79 Å². The summed E-state index contributed by atoms with van der Waals surface area (Å²) in [6.07, 6.45) is 4.00. The molecule has 1 amide bonds. The van der Waals surface area contributed by atoms with Crippen molar-refractivity contribution in [2.75, 3.05) is 6.54 Å². The number of nitrogens with one attached hydrogen (secondary N) is 1. The average molecular weight is 401 g/mol. The van der Waals surface area contributed by atoms with Crippen LogP contribution >= 0.6 is 12.4 Å². The number of amides is 1. The van der Waals surface area contributed by atoms with Gasteiger partial charge >= 0.3 is 0 Å². The number of fused-ring (bicyclic) bond motifs is 1. The Balaban J connectivity index is 0.00000225. The molecule has 28 heavy (non-hydrogen) atoms. The van der Waals surface area contributed by atoms with Crippen LogP contribution in [0.5, 0.6) is 0 Å². The molecular weight excluding hydrogens is 376 g/mol. The molecule has 3 N–H and O–H groups in total. The molecule has 7 heteroatoms. The van der Waals surface area contributed by atoms with Gasteiger partial charge in [-0.2, -0.15) is 4.98 Å². The predicted octanol–water partition coefficient (Wildman–Crippen LogP) is 3.66. The Morgan fingerprint density at radius 2 is 2.00 bits per heavy atom. The van der Waals surface area contributed by atoms with Gasteiger partial charge in [0.1, 0.15) is 0 Å². The van der Waals surface area contributed by atoms with E-state index in [2.05, 4.69) is 39.7 Å². The first kappa shape index (κ1) is 20.3. The predicted molar refractivity (Wildman–Crippen MR) is 110 cm³/mol. The maximum atomic E-state index is 12.3. The molecule has 0 radical (unpaired) electrons. The first-order chi connectivity index (χ1) is 13.2. The van der Waals surface area contributed by atoms with Gasteiger partial charge in [-0.25, -0.2) is 0 Å². The van der Waals surface area contributed by atoms with Gasteiger partial charge < -0.3 is 15.6 Å². The summed E-state index contributed by atoms with van der Waals surface area (Å²) in [5.74, 6) is 1.90. The zero-order valence-electron chi connectivity index (χ0n) is 15.6. The fourth-order valence-electron chi connectivity index (χ4n) is 3.25. The molecule has 4 rings (SSSR count). The molecule has 6 nitrogen and oxygen atoms in total. The molecule has 1 aromatic heterocycles. The van der Waals surface area contributed by atoms with Gasteiger partial charge in [0.05, 0.1) is 6.04 Å². The topological polar surface area (TPSA) is 94.0 Å². The second-order valence-electron chi connectivity index (χ2n) is 7.14. The molecule has 1 heterocycles. The van der Waals surface area contributed by atoms with E-state index in [1.54, 1.807) is 0 Å². The van der Waals surface area contributed by atoms with E-state index in [9.17, 15) is 4.79 Å². The summed E-state index contributed by atoms with van der Waals surface area (Å²) in [6.45, 7) is 0.360. The Hall–Kier alpha value is -2.44. The molecule has 0 spiro atoms. The summed E-state index contributed by atoms with van der Waals surface area (Å²) in [6, 6.07) is 14.1. The van der Waals surface area contributed by atoms with E-state index in [1.807, 2.05) is 18.2 Å². The number of hydrogen-bond acceptors (Lipinski definition) is 5. The van der Waals surface area contributed by atoms with Crippen LogP contribution in [0.25, 0.3) is 10.8 Å². The number of aryl methyl sites for hydroxylation is 1. The number of hydrogen-bond donors (Lipinski definition) is 2. The highest BCUT2D eigenvalue weighted by atomic mass is 35.5. The Kier molecular flexibility index (Phi) is 6.65. The third kappa shape index (κ3) is 4.88. The van der Waals surface area contributed by atoms with Gasteiger partial charge in [-0.05, 0) is 41.7 Å². The molecule has 1 atom stereocenters. The van der Waals surface area contributed by atoms with E-state index in [0.29, 0.717) is 37.6 Å². The molecule has 148 valence electrons. The number of nitrogens with two attached hydrogens (primary N) is 1. The summed E-state index contributed by atoms with van der Waals surface area (Å²) in [5, 5.41) is 9.35. The third-order valence-corrected chi connectivity index (χ3v) is 4.97. The van der Waals surface area contributed by atoms with E-state index >= 15 is 0 Å². The first-order valence-electron chi connectivity index (χ1n) is 9.53. The molecule has 0 bridgehead atoms. The lowest BCUT2D eigenvalue weighted by atomic mass is 10.0. The van der Waals surface area contributed by atoms with Gasteiger partial charge in [0.15, 0.2) is 5.82 Å². The van der Waals surface area contributed by atoms with Crippen molar-refractivity contribution in [3.63, 3.8) is 0 Å². The molecule has 1 aliphatic rings. The van der Waals surface area contributed by atoms with Gasteiger partial charge in [0.2, 0.25) is 11.8 Å². The number of carbonyl (C=O) groups is 1. The van der Waals surface area contributed by atoms with Crippen LogP contribution < -0.4 is 11.1 Å². The van der Waals surface area contributed by atoms with E-state index < -0.39 is 0 Å². The SMILES string of the molecule is Cl.NCC(NC(=O)CCCc1nc(C2CC2)no1)c1ccc2ccccc2c1. The fraction of sp³-hybridized carbons (Fsp3) is 0.381. The van der Waals surface area contributed by atoms with Crippen molar-refractivity contribution in [1.29, 1.82) is 0 Å². The second kappa shape index (κ2) is 9.17. The molecule has 2 aromatic carbocycles. The maximum Gasteiger partial charge on any atom is 0.226 e. The largest absolute Gasteiger partial charge is 0.348 e. The normalized spacial score (nSPS) is 14.5. The first-order valence-corrected chi connectivity index (χ1v) is 9.53. The molecule has 1 fully saturated rings. The van der Waals surface area contributed by atoms with Crippen molar-refractivity contribution in [2.24, 2.45) is 5.73 Å². The highest BCUT2D eigenvalue weighted by Crippen LogP contribution is 2.38. The van der Waals surface area contributed by atoms with Crippen LogP contribution in [0.4, 0.5) is 0 Å². The average Bonchev–Trinajstić information content (AvgIpc) is 3.44. The van der Waals surface area contributed by atoms with Crippen LogP contribution in [-0.4, -0.2) is 22.6 Å². The Morgan fingerprint density at radius 3 is 2.75 bits per heavy atom. The highest BCUT2D eigenvalue weighted by Gasteiger charge is 2.28. The summed E-state index contributed by atoms with van der Waals surface area (Å²) in [7, 11) is 0. The standard InChI is InChI=1S/C21H24N4O2.ClH/c22-13-18(17-11-8-14-4-1-2-5-16(14)12-17)23-19(26)6-3-7-20-24-21(25-27-20)15-9-10-15;/h1-2,4-5,8,11-12,15,18H,3,6-7,9-10,13,22H2,(H,23,26);1H. The molecule has 1 unspecified atom stereocenters. The lowest BCUT2D eigenvalue weighted by Gasteiger charge is -2.18. The summed E-state index contributed by atoms with van der Waals surface area (Å²) < 4.78 is 5.25. The minimum absolute atomic E-state index is 0. The smallest absolute Gasteiger partial charge is 0.226 e. The quantitative estimate of drug-likeness (QED) is 0.601. The van der Waals surface area contributed by atoms with Gasteiger partial charge in [0.25, 0.3) is 0 Å². The molecule has 0 aliphatic heterocycles. The lowest BCUT2D eigenvalue weighted by molar-refractivity contribution is -0.121. The van der Waals surface area contributed by atoms with Crippen molar-refractivity contribution in [3.05, 3.63) is 59.7 Å². The van der Waals surface area contributed by atoms with Crippen LogP contribution in [0, 0.1) is 0 Å². The summed E-state index contributed by atoms with van der Waals surface area (Å²) in [5.41, 5.74) is 6.93. The fourth-order valence-corrected chi connectivity index (χ4v) is 3.25. The zero-order valence-corrected chi connectivity index (χ0v) is 16.5. The summed E-state index contributed by atoms with van der Waals surface area (Å²) >= 11 is 0. The number of aromatic nitrogens is 2. The van der Waals surface area contributed by atoms with Crippen molar-refractivity contribution in [3.8, 4) is 0 Å². The number of nitrogens with zero attached hydrogens (tertiary/aromatic N) is 2. The second-order valence-corrected chi connectivity index (χ2v) is 7.14. The number of rotatable bonds is 8. The van der Waals surface area contributed by atoms with Gasteiger partial charge in [-0.1, -0.05) is 41.6 Å². The minimum Gasteiger partial charge on any atom is -0.348 e. The van der Waals surface area contributed by atoms with Crippen molar-refractivity contribution >= 4 is 29.1 Å². The lowest BCUT2D eigenvalue weighted by Crippen LogP contribution is -2.33. The van der Waals surface area contributed by atoms with E-state index in [4.69, 9.17) is 10.3 Å². The Labute approximate surface area is 170 Å². The third-order valence-electron chi connectivity index (χ3n) is 4.97. The van der Waals surface area contributed by atoms with Crippen LogP contribution in [0.2, 0.25) is 0 Å². The highest BCUT2D eigenvalue weighted by molar-refractivity contribution is 5.85. The van der Waals surface area contributed by atoms with E-state index in [0.717, 1.165) is 29.6 Å². The number of carbonyl (C=O) groups excluding carboxylic acids is 1. The maximum absolute atomic E-state index is 12.3. The minimum atomic E-state index is -0.188. The number of benzene rings is 2. The van der Waals surface area contributed by atoms with E-state index in [-0.39, 0.29) is 24.4 Å². The Morgan fingerprint density at radius 1 is 1.21 bits per heavy atom.